The zero-order chi connectivity index (χ0) is 28.6. The average molecular weight is 540 g/mol. The summed E-state index contributed by atoms with van der Waals surface area (Å²) < 4.78 is 1.77. The summed E-state index contributed by atoms with van der Waals surface area (Å²) >= 11 is 0. The smallest absolute Gasteiger partial charge is 0.255 e. The van der Waals surface area contributed by atoms with E-state index >= 15 is 0 Å². The van der Waals surface area contributed by atoms with Gasteiger partial charge < -0.3 is 21.7 Å². The Morgan fingerprint density at radius 2 is 1.73 bits per heavy atom. The number of aryl methyl sites for hydroxylation is 2. The largest absolute Gasteiger partial charge is 0.384 e. The molecule has 40 heavy (non-hydrogen) atoms. The van der Waals surface area contributed by atoms with Gasteiger partial charge in [-0.2, -0.15) is 5.10 Å². The van der Waals surface area contributed by atoms with Crippen molar-refractivity contribution < 1.29 is 14.4 Å². The molecular formula is C30H33N7O3. The molecule has 10 nitrogen and oxygen atoms in total. The number of primary amides is 1. The highest BCUT2D eigenvalue weighted by Crippen LogP contribution is 2.33. The molecule has 0 aliphatic heterocycles. The van der Waals surface area contributed by atoms with Gasteiger partial charge in [-0.1, -0.05) is 6.07 Å². The van der Waals surface area contributed by atoms with Gasteiger partial charge in [0.15, 0.2) is 0 Å². The summed E-state index contributed by atoms with van der Waals surface area (Å²) in [7, 11) is 3.60. The molecule has 2 heterocycles. The average Bonchev–Trinajstić information content (AvgIpc) is 3.29. The maximum atomic E-state index is 13.3. The third kappa shape index (κ3) is 5.25. The van der Waals surface area contributed by atoms with Crippen molar-refractivity contribution in [2.24, 2.45) is 24.6 Å². The van der Waals surface area contributed by atoms with Crippen molar-refractivity contribution in [2.45, 2.75) is 32.6 Å². The molecule has 2 aromatic heterocycles. The summed E-state index contributed by atoms with van der Waals surface area (Å²) in [6.07, 6.45) is 4.20. The van der Waals surface area contributed by atoms with E-state index in [4.69, 9.17) is 11.5 Å². The van der Waals surface area contributed by atoms with E-state index in [1.165, 1.54) is 0 Å². The van der Waals surface area contributed by atoms with Crippen molar-refractivity contribution in [3.8, 4) is 11.3 Å². The summed E-state index contributed by atoms with van der Waals surface area (Å²) in [6.45, 7) is 1.93. The molecule has 0 spiro atoms. The first kappa shape index (κ1) is 26.9. The van der Waals surface area contributed by atoms with Gasteiger partial charge in [0.1, 0.15) is 11.5 Å². The Bertz CT molecular complexity index is 1600. The van der Waals surface area contributed by atoms with Gasteiger partial charge in [0, 0.05) is 60.0 Å². The molecule has 1 aliphatic carbocycles. The molecule has 0 unspecified atom stereocenters. The van der Waals surface area contributed by atoms with Gasteiger partial charge in [-0.15, -0.1) is 0 Å². The Morgan fingerprint density at radius 3 is 2.40 bits per heavy atom. The number of nitrogens with zero attached hydrogens (tertiary/aromatic N) is 4. The molecule has 5 rings (SSSR count). The minimum atomic E-state index is -0.292. The number of carbonyl (C=O) groups excluding carboxylic acids is 3. The van der Waals surface area contributed by atoms with Crippen molar-refractivity contribution in [1.82, 2.24) is 14.8 Å². The van der Waals surface area contributed by atoms with Crippen molar-refractivity contribution in [3.63, 3.8) is 0 Å². The summed E-state index contributed by atoms with van der Waals surface area (Å²) in [5, 5.41) is 8.42. The van der Waals surface area contributed by atoms with Crippen LogP contribution in [0.25, 0.3) is 22.2 Å². The number of hydrogen-bond donors (Lipinski definition) is 3. The van der Waals surface area contributed by atoms with E-state index in [0.717, 1.165) is 27.7 Å². The van der Waals surface area contributed by atoms with Crippen LogP contribution in [0.3, 0.4) is 0 Å². The molecule has 3 amide bonds. The highest BCUT2D eigenvalue weighted by molar-refractivity contribution is 6.08. The molecular weight excluding hydrogens is 506 g/mol. The number of nitrogens with two attached hydrogens (primary N) is 2. The van der Waals surface area contributed by atoms with E-state index in [1.54, 1.807) is 35.0 Å². The zero-order valence-electron chi connectivity index (χ0n) is 22.8. The zero-order valence-corrected chi connectivity index (χ0v) is 22.8. The normalized spacial score (nSPS) is 17.0. The third-order valence-electron chi connectivity index (χ3n) is 7.81. The molecule has 1 fully saturated rings. The van der Waals surface area contributed by atoms with Crippen LogP contribution in [0.2, 0.25) is 0 Å². The van der Waals surface area contributed by atoms with E-state index in [1.807, 2.05) is 50.4 Å². The number of pyridine rings is 1. The Kier molecular flexibility index (Phi) is 7.25. The number of amides is 3. The van der Waals surface area contributed by atoms with E-state index < -0.39 is 0 Å². The molecule has 206 valence electrons. The number of hydrogen-bond acceptors (Lipinski definition) is 6. The van der Waals surface area contributed by atoms with Gasteiger partial charge in [0.2, 0.25) is 11.8 Å². The highest BCUT2D eigenvalue weighted by Gasteiger charge is 2.31. The number of nitrogen functional groups attached to an aromatic ring is 1. The third-order valence-corrected chi connectivity index (χ3v) is 7.81. The van der Waals surface area contributed by atoms with Crippen molar-refractivity contribution in [3.05, 3.63) is 65.9 Å². The van der Waals surface area contributed by atoms with Crippen LogP contribution in [0.15, 0.2) is 54.7 Å². The first-order chi connectivity index (χ1) is 19.1. The Morgan fingerprint density at radius 1 is 1.00 bits per heavy atom. The second-order valence-electron chi connectivity index (χ2n) is 10.5. The van der Waals surface area contributed by atoms with Gasteiger partial charge in [-0.05, 0) is 80.6 Å². The Labute approximate surface area is 232 Å². The van der Waals surface area contributed by atoms with Crippen LogP contribution in [0, 0.1) is 18.8 Å². The molecule has 2 aromatic carbocycles. The minimum absolute atomic E-state index is 0.00112. The van der Waals surface area contributed by atoms with Crippen LogP contribution in [0.5, 0.6) is 0 Å². The number of nitrogens with one attached hydrogen (secondary N) is 1. The maximum absolute atomic E-state index is 13.3. The number of carbonyl (C=O) groups is 3. The molecule has 0 saturated heterocycles. The molecule has 4 aromatic rings. The second kappa shape index (κ2) is 10.8. The monoisotopic (exact) mass is 539 g/mol. The first-order valence-corrected chi connectivity index (χ1v) is 13.3. The topological polar surface area (TPSA) is 149 Å². The lowest BCUT2D eigenvalue weighted by Gasteiger charge is -2.30. The summed E-state index contributed by atoms with van der Waals surface area (Å²) in [6, 6.07) is 14.5. The quantitative estimate of drug-likeness (QED) is 0.337. The second-order valence-corrected chi connectivity index (χ2v) is 10.5. The number of fused-ring (bicyclic) bond motifs is 1. The summed E-state index contributed by atoms with van der Waals surface area (Å²) in [5.41, 5.74) is 16.3. The number of benzene rings is 2. The Hall–Kier alpha value is -4.73. The van der Waals surface area contributed by atoms with Crippen molar-refractivity contribution >= 4 is 45.8 Å². The van der Waals surface area contributed by atoms with E-state index in [0.29, 0.717) is 48.4 Å². The Balaban J connectivity index is 1.35. The van der Waals surface area contributed by atoms with E-state index in [2.05, 4.69) is 15.4 Å². The van der Waals surface area contributed by atoms with Gasteiger partial charge in [-0.25, -0.2) is 4.98 Å². The molecule has 0 bridgehead atoms. The maximum Gasteiger partial charge on any atom is 0.255 e. The lowest BCUT2D eigenvalue weighted by atomic mass is 9.81. The van der Waals surface area contributed by atoms with Crippen molar-refractivity contribution in [2.75, 3.05) is 23.0 Å². The van der Waals surface area contributed by atoms with Gasteiger partial charge in [0.25, 0.3) is 5.91 Å². The predicted molar refractivity (Wildman–Crippen MR) is 156 cm³/mol. The first-order valence-electron chi connectivity index (χ1n) is 13.3. The molecule has 10 heteroatoms. The van der Waals surface area contributed by atoms with Crippen LogP contribution < -0.4 is 21.7 Å². The number of rotatable bonds is 6. The summed E-state index contributed by atoms with van der Waals surface area (Å²) in [4.78, 5) is 43.9. The van der Waals surface area contributed by atoms with Crippen LogP contribution in [-0.4, -0.2) is 39.5 Å². The van der Waals surface area contributed by atoms with Crippen LogP contribution in [0.4, 0.5) is 17.2 Å². The molecule has 1 aliphatic rings. The fourth-order valence-corrected chi connectivity index (χ4v) is 5.43. The SMILES string of the molecule is Cc1ccc(NC(=O)c2ccc3c(c2)c(-c2ccc(N)nc2)nn3C)cc1N(C)C(=O)C1CCC(C(N)=O)CC1. The van der Waals surface area contributed by atoms with E-state index in [9.17, 15) is 14.4 Å². The van der Waals surface area contributed by atoms with Crippen molar-refractivity contribution in [1.29, 1.82) is 0 Å². The van der Waals surface area contributed by atoms with Crippen LogP contribution >= 0.6 is 0 Å². The highest BCUT2D eigenvalue weighted by atomic mass is 16.2. The van der Waals surface area contributed by atoms with E-state index in [-0.39, 0.29) is 29.6 Å². The molecule has 5 N–H and O–H groups in total. The van der Waals surface area contributed by atoms with Crippen LogP contribution in [-0.2, 0) is 16.6 Å². The predicted octanol–water partition coefficient (Wildman–Crippen LogP) is 4.03. The summed E-state index contributed by atoms with van der Waals surface area (Å²) in [5.74, 6) is -0.458. The molecule has 1 saturated carbocycles. The molecule has 0 atom stereocenters. The molecule has 0 radical (unpaired) electrons. The number of aromatic nitrogens is 3. The van der Waals surface area contributed by atoms with Gasteiger partial charge >= 0.3 is 0 Å². The van der Waals surface area contributed by atoms with Gasteiger partial charge in [-0.3, -0.25) is 19.1 Å². The van der Waals surface area contributed by atoms with Gasteiger partial charge in [0.05, 0.1) is 5.52 Å². The van der Waals surface area contributed by atoms with Crippen LogP contribution in [0.1, 0.15) is 41.6 Å². The minimum Gasteiger partial charge on any atom is -0.384 e. The fraction of sp³-hybridized carbons (Fsp3) is 0.300. The lowest BCUT2D eigenvalue weighted by molar-refractivity contribution is -0.127. The standard InChI is InChI=1S/C30H33N7O3/c1-17-4-11-22(15-25(17)36(2)30(40)19-7-5-18(6-8-19)28(32)38)34-29(39)20-9-12-24-23(14-20)27(35-37(24)3)21-10-13-26(31)33-16-21/h4,9-16,18-19H,5-8H2,1-3H3,(H2,31,33)(H2,32,38)(H,34,39). The number of anilines is 3. The lowest BCUT2D eigenvalue weighted by Crippen LogP contribution is -2.37. The fourth-order valence-electron chi connectivity index (χ4n) is 5.43.